The van der Waals surface area contributed by atoms with Gasteiger partial charge in [0.2, 0.25) is 0 Å². The van der Waals surface area contributed by atoms with E-state index in [-0.39, 0.29) is 0 Å². The predicted octanol–water partition coefficient (Wildman–Crippen LogP) is 6.02. The molecular weight excluding hydrogens is 427 g/mol. The van der Waals surface area contributed by atoms with Gasteiger partial charge in [0, 0.05) is 47.6 Å². The maximum Gasteiger partial charge on any atom is 0.124 e. The Hall–Kier alpha value is -2.95. The zero-order valence-corrected chi connectivity index (χ0v) is 18.6. The van der Waals surface area contributed by atoms with Crippen molar-refractivity contribution in [2.45, 2.75) is 0 Å². The second kappa shape index (κ2) is 9.90. The lowest BCUT2D eigenvalue weighted by Crippen LogP contribution is -2.46. The highest BCUT2D eigenvalue weighted by molar-refractivity contribution is 6.31. The van der Waals surface area contributed by atoms with Crippen molar-refractivity contribution >= 4 is 52.2 Å². The van der Waals surface area contributed by atoms with Crippen molar-refractivity contribution < 1.29 is 0 Å². The molecule has 0 unspecified atom stereocenters. The van der Waals surface area contributed by atoms with Gasteiger partial charge in [0.1, 0.15) is 5.84 Å². The second-order valence-electron chi connectivity index (χ2n) is 7.39. The standard InChI is InChI=1S/C25H24Cl2N4/c26-20-7-9-22(10-8-20)29-25(28)13-6-19-4-11-23(12-5-19)30-14-16-31(17-15-30)24-3-1-2-21(27)18-24/h1-13,18H,14-17H2,(H2,28,29)/b13-6+. The van der Waals surface area contributed by atoms with Crippen LogP contribution in [0.3, 0.4) is 0 Å². The lowest BCUT2D eigenvalue weighted by atomic mass is 10.1. The summed E-state index contributed by atoms with van der Waals surface area (Å²) >= 11 is 12.0. The highest BCUT2D eigenvalue weighted by Crippen LogP contribution is 2.23. The molecule has 31 heavy (non-hydrogen) atoms. The Balaban J connectivity index is 1.34. The lowest BCUT2D eigenvalue weighted by Gasteiger charge is -2.37. The van der Waals surface area contributed by atoms with Gasteiger partial charge in [-0.3, -0.25) is 0 Å². The van der Waals surface area contributed by atoms with Crippen LogP contribution < -0.4 is 15.5 Å². The topological polar surface area (TPSA) is 44.9 Å². The fourth-order valence-corrected chi connectivity index (χ4v) is 3.89. The summed E-state index contributed by atoms with van der Waals surface area (Å²) in [6.45, 7) is 3.89. The van der Waals surface area contributed by atoms with Gasteiger partial charge >= 0.3 is 0 Å². The van der Waals surface area contributed by atoms with Crippen LogP contribution in [0.25, 0.3) is 6.08 Å². The molecule has 2 N–H and O–H groups in total. The van der Waals surface area contributed by atoms with Crippen molar-refractivity contribution in [1.82, 2.24) is 0 Å². The number of aliphatic imine (C=N–C) groups is 1. The van der Waals surface area contributed by atoms with Crippen molar-refractivity contribution in [2.24, 2.45) is 10.7 Å². The summed E-state index contributed by atoms with van der Waals surface area (Å²) in [5.74, 6) is 0.448. The first-order chi connectivity index (χ1) is 15.1. The molecule has 1 aliphatic heterocycles. The molecule has 0 radical (unpaired) electrons. The van der Waals surface area contributed by atoms with Gasteiger partial charge in [-0.1, -0.05) is 47.5 Å². The minimum Gasteiger partial charge on any atom is -0.384 e. The molecule has 1 saturated heterocycles. The van der Waals surface area contributed by atoms with E-state index < -0.39 is 0 Å². The third-order valence-electron chi connectivity index (χ3n) is 5.24. The van der Waals surface area contributed by atoms with Crippen molar-refractivity contribution in [2.75, 3.05) is 36.0 Å². The van der Waals surface area contributed by atoms with Crippen LogP contribution in [-0.4, -0.2) is 32.0 Å². The number of rotatable bonds is 5. The lowest BCUT2D eigenvalue weighted by molar-refractivity contribution is 0.653. The van der Waals surface area contributed by atoms with Crippen LogP contribution in [0.1, 0.15) is 5.56 Å². The molecule has 3 aromatic carbocycles. The maximum absolute atomic E-state index is 6.13. The van der Waals surface area contributed by atoms with Crippen LogP contribution in [0, 0.1) is 0 Å². The normalized spacial score (nSPS) is 15.0. The number of piperazine rings is 1. The largest absolute Gasteiger partial charge is 0.384 e. The molecule has 6 heteroatoms. The highest BCUT2D eigenvalue weighted by Gasteiger charge is 2.17. The van der Waals surface area contributed by atoms with E-state index in [4.69, 9.17) is 28.9 Å². The summed E-state index contributed by atoms with van der Waals surface area (Å²) in [6, 6.07) is 23.8. The summed E-state index contributed by atoms with van der Waals surface area (Å²) < 4.78 is 0. The number of benzene rings is 3. The van der Waals surface area contributed by atoms with Gasteiger partial charge in [-0.25, -0.2) is 4.99 Å². The van der Waals surface area contributed by atoms with Crippen LogP contribution in [0.4, 0.5) is 17.1 Å². The zero-order valence-electron chi connectivity index (χ0n) is 17.1. The molecule has 4 nitrogen and oxygen atoms in total. The summed E-state index contributed by atoms with van der Waals surface area (Å²) in [5.41, 5.74) is 10.3. The number of nitrogens with two attached hydrogens (primary N) is 1. The first kappa shape index (κ1) is 21.3. The van der Waals surface area contributed by atoms with Crippen LogP contribution in [0.2, 0.25) is 10.0 Å². The van der Waals surface area contributed by atoms with Gasteiger partial charge in [0.25, 0.3) is 0 Å². The third-order valence-corrected chi connectivity index (χ3v) is 5.73. The smallest absolute Gasteiger partial charge is 0.124 e. The number of nitrogens with zero attached hydrogens (tertiary/aromatic N) is 3. The van der Waals surface area contributed by atoms with Gasteiger partial charge in [0.15, 0.2) is 0 Å². The van der Waals surface area contributed by atoms with Crippen LogP contribution >= 0.6 is 23.2 Å². The first-order valence-electron chi connectivity index (χ1n) is 10.2. The van der Waals surface area contributed by atoms with E-state index in [1.165, 1.54) is 11.4 Å². The van der Waals surface area contributed by atoms with Gasteiger partial charge < -0.3 is 15.5 Å². The Morgan fingerprint density at radius 2 is 1.42 bits per heavy atom. The molecule has 0 amide bonds. The molecule has 0 bridgehead atoms. The molecule has 0 spiro atoms. The Morgan fingerprint density at radius 1 is 0.774 bits per heavy atom. The van der Waals surface area contributed by atoms with E-state index in [9.17, 15) is 0 Å². The number of amidine groups is 1. The Bertz CT molecular complexity index is 1070. The van der Waals surface area contributed by atoms with Crippen LogP contribution in [-0.2, 0) is 0 Å². The molecule has 4 rings (SSSR count). The number of hydrogen-bond acceptors (Lipinski definition) is 3. The quantitative estimate of drug-likeness (QED) is 0.381. The fourth-order valence-electron chi connectivity index (χ4n) is 3.58. The Labute approximate surface area is 193 Å². The molecule has 0 saturated carbocycles. The van der Waals surface area contributed by atoms with Gasteiger partial charge in [-0.05, 0) is 66.2 Å². The van der Waals surface area contributed by atoms with E-state index in [0.717, 1.165) is 42.5 Å². The van der Waals surface area contributed by atoms with Gasteiger partial charge in [-0.2, -0.15) is 0 Å². The average Bonchev–Trinajstić information content (AvgIpc) is 2.80. The average molecular weight is 451 g/mol. The minimum absolute atomic E-state index is 0.448. The highest BCUT2D eigenvalue weighted by atomic mass is 35.5. The maximum atomic E-state index is 6.13. The number of hydrogen-bond donors (Lipinski definition) is 1. The zero-order chi connectivity index (χ0) is 21.6. The molecule has 1 aliphatic rings. The fraction of sp³-hybridized carbons (Fsp3) is 0.160. The number of anilines is 2. The summed E-state index contributed by atoms with van der Waals surface area (Å²) in [5, 5.41) is 1.46. The Morgan fingerprint density at radius 3 is 2.06 bits per heavy atom. The van der Waals surface area contributed by atoms with Crippen molar-refractivity contribution in [3.63, 3.8) is 0 Å². The molecule has 0 atom stereocenters. The first-order valence-corrected chi connectivity index (χ1v) is 11.0. The van der Waals surface area contributed by atoms with E-state index in [1.54, 1.807) is 12.1 Å². The molecule has 0 aliphatic carbocycles. The predicted molar refractivity (Wildman–Crippen MR) is 134 cm³/mol. The summed E-state index contributed by atoms with van der Waals surface area (Å²) in [6.07, 6.45) is 3.78. The Kier molecular flexibility index (Phi) is 6.80. The van der Waals surface area contributed by atoms with Crippen LogP contribution in [0.5, 0.6) is 0 Å². The molecule has 3 aromatic rings. The van der Waals surface area contributed by atoms with E-state index in [1.807, 2.05) is 42.5 Å². The monoisotopic (exact) mass is 450 g/mol. The third kappa shape index (κ3) is 5.81. The van der Waals surface area contributed by atoms with Gasteiger partial charge in [-0.15, -0.1) is 0 Å². The van der Waals surface area contributed by atoms with Crippen LogP contribution in [0.15, 0.2) is 83.9 Å². The minimum atomic E-state index is 0.448. The van der Waals surface area contributed by atoms with E-state index in [0.29, 0.717) is 10.9 Å². The molecule has 0 aromatic heterocycles. The van der Waals surface area contributed by atoms with Gasteiger partial charge in [0.05, 0.1) is 5.69 Å². The number of halogens is 2. The molecular formula is C25H24Cl2N4. The molecule has 1 heterocycles. The molecule has 158 valence electrons. The summed E-state index contributed by atoms with van der Waals surface area (Å²) in [4.78, 5) is 9.16. The van der Waals surface area contributed by atoms with Crippen molar-refractivity contribution in [3.05, 3.63) is 94.5 Å². The van der Waals surface area contributed by atoms with Crippen molar-refractivity contribution in [1.29, 1.82) is 0 Å². The van der Waals surface area contributed by atoms with Crippen molar-refractivity contribution in [3.8, 4) is 0 Å². The molecule has 1 fully saturated rings. The summed E-state index contributed by atoms with van der Waals surface area (Å²) in [7, 11) is 0. The second-order valence-corrected chi connectivity index (χ2v) is 8.26. The SMILES string of the molecule is NC(/C=C/c1ccc(N2CCN(c3cccc(Cl)c3)CC2)cc1)=Nc1ccc(Cl)cc1. The van der Waals surface area contributed by atoms with E-state index in [2.05, 4.69) is 45.1 Å². The van der Waals surface area contributed by atoms with E-state index >= 15 is 0 Å².